The van der Waals surface area contributed by atoms with Crippen LogP contribution in [0.4, 0.5) is 0 Å². The molecule has 1 aromatic rings. The maximum absolute atomic E-state index is 13.9. The van der Waals surface area contributed by atoms with E-state index >= 15 is 0 Å². The molecule has 14 heteroatoms. The molecule has 230 valence electrons. The number of hydrogen-bond donors (Lipinski definition) is 7. The molecule has 1 aliphatic heterocycles. The van der Waals surface area contributed by atoms with Gasteiger partial charge in [-0.1, -0.05) is 55.7 Å². The van der Waals surface area contributed by atoms with Gasteiger partial charge < -0.3 is 36.6 Å². The molecule has 1 fully saturated rings. The van der Waals surface area contributed by atoms with Gasteiger partial charge in [-0.25, -0.2) is 0 Å². The SMILES string of the molecule is NC(=O)CC1NC(=O)C2(CCCCC2)NC(=O)[C@@H](CC(=O)O)[C@@H](c2ccc(CP(=O)(O)O)cc2)/C=C/CCCNC1=O. The Morgan fingerprint density at radius 2 is 1.64 bits per heavy atom. The predicted octanol–water partition coefficient (Wildman–Crippen LogP) is 1.18. The van der Waals surface area contributed by atoms with Crippen LogP contribution in [0.5, 0.6) is 0 Å². The van der Waals surface area contributed by atoms with Crippen LogP contribution in [0.25, 0.3) is 0 Å². The Labute approximate surface area is 243 Å². The molecular formula is C28H39N4O9P. The molecule has 1 spiro atoms. The van der Waals surface area contributed by atoms with E-state index in [4.69, 9.17) is 5.73 Å². The van der Waals surface area contributed by atoms with Gasteiger partial charge in [0.1, 0.15) is 11.6 Å². The van der Waals surface area contributed by atoms with E-state index in [1.165, 1.54) is 12.1 Å². The van der Waals surface area contributed by atoms with Crippen LogP contribution in [0.1, 0.15) is 74.8 Å². The van der Waals surface area contributed by atoms with E-state index in [2.05, 4.69) is 16.0 Å². The van der Waals surface area contributed by atoms with Crippen molar-refractivity contribution in [2.75, 3.05) is 6.54 Å². The molecule has 1 aromatic carbocycles. The fourth-order valence-electron chi connectivity index (χ4n) is 5.53. The second kappa shape index (κ2) is 14.6. The van der Waals surface area contributed by atoms with Crippen LogP contribution in [-0.4, -0.2) is 62.6 Å². The summed E-state index contributed by atoms with van der Waals surface area (Å²) in [7, 11) is -4.31. The number of carboxylic acid groups (broad SMARTS) is 1. The first-order chi connectivity index (χ1) is 19.8. The van der Waals surface area contributed by atoms with Crippen molar-refractivity contribution in [2.45, 2.75) is 81.4 Å². The largest absolute Gasteiger partial charge is 0.481 e. The van der Waals surface area contributed by atoms with E-state index in [0.29, 0.717) is 36.8 Å². The summed E-state index contributed by atoms with van der Waals surface area (Å²) in [6, 6.07) is 5.03. The molecule has 1 saturated carbocycles. The van der Waals surface area contributed by atoms with Gasteiger partial charge in [0, 0.05) is 12.5 Å². The summed E-state index contributed by atoms with van der Waals surface area (Å²) in [5.74, 6) is -5.75. The molecule has 0 bridgehead atoms. The van der Waals surface area contributed by atoms with Gasteiger partial charge in [-0.3, -0.25) is 28.5 Å². The lowest BCUT2D eigenvalue weighted by atomic mass is 9.78. The van der Waals surface area contributed by atoms with Gasteiger partial charge in [-0.15, -0.1) is 0 Å². The number of nitrogens with two attached hydrogens (primary N) is 1. The average molecular weight is 607 g/mol. The van der Waals surface area contributed by atoms with Gasteiger partial charge in [0.2, 0.25) is 23.6 Å². The molecule has 8 N–H and O–H groups in total. The number of aliphatic carboxylic acids is 1. The quantitative estimate of drug-likeness (QED) is 0.174. The topological polar surface area (TPSA) is 225 Å². The zero-order valence-electron chi connectivity index (χ0n) is 23.3. The smallest absolute Gasteiger partial charge is 0.329 e. The maximum atomic E-state index is 13.9. The molecule has 1 unspecified atom stereocenters. The fraction of sp³-hybridized carbons (Fsp3) is 0.536. The summed E-state index contributed by atoms with van der Waals surface area (Å²) in [4.78, 5) is 82.8. The van der Waals surface area contributed by atoms with E-state index in [9.17, 15) is 43.4 Å². The van der Waals surface area contributed by atoms with Crippen LogP contribution < -0.4 is 21.7 Å². The van der Waals surface area contributed by atoms with Crippen LogP contribution in [0.3, 0.4) is 0 Å². The number of allylic oxidation sites excluding steroid dienone is 2. The van der Waals surface area contributed by atoms with Gasteiger partial charge in [0.25, 0.3) is 0 Å². The number of carboxylic acids is 1. The minimum Gasteiger partial charge on any atom is -0.481 e. The summed E-state index contributed by atoms with van der Waals surface area (Å²) >= 11 is 0. The number of carbonyl (C=O) groups is 5. The van der Waals surface area contributed by atoms with Crippen LogP contribution in [-0.2, 0) is 34.7 Å². The normalized spacial score (nSPS) is 24.8. The van der Waals surface area contributed by atoms with Gasteiger partial charge in [0.05, 0.1) is 24.9 Å². The lowest BCUT2D eigenvalue weighted by molar-refractivity contribution is -0.143. The van der Waals surface area contributed by atoms with Crippen molar-refractivity contribution in [3.05, 3.63) is 47.5 Å². The van der Waals surface area contributed by atoms with Crippen molar-refractivity contribution in [3.8, 4) is 0 Å². The highest BCUT2D eigenvalue weighted by molar-refractivity contribution is 7.50. The minimum atomic E-state index is -4.31. The molecule has 0 saturated heterocycles. The first-order valence-electron chi connectivity index (χ1n) is 14.0. The van der Waals surface area contributed by atoms with Crippen molar-refractivity contribution < 1.29 is 43.4 Å². The Morgan fingerprint density at radius 3 is 2.24 bits per heavy atom. The third-order valence-electron chi connectivity index (χ3n) is 7.64. The summed E-state index contributed by atoms with van der Waals surface area (Å²) < 4.78 is 11.4. The Bertz CT molecular complexity index is 1240. The van der Waals surface area contributed by atoms with Gasteiger partial charge in [0.15, 0.2) is 0 Å². The molecule has 3 rings (SSSR count). The van der Waals surface area contributed by atoms with Gasteiger partial charge >= 0.3 is 13.6 Å². The molecular weight excluding hydrogens is 567 g/mol. The number of primary amides is 1. The number of nitrogens with one attached hydrogen (secondary N) is 3. The lowest BCUT2D eigenvalue weighted by Crippen LogP contribution is -2.63. The molecule has 13 nitrogen and oxygen atoms in total. The summed E-state index contributed by atoms with van der Waals surface area (Å²) in [6.45, 7) is 0.233. The third kappa shape index (κ3) is 9.50. The minimum absolute atomic E-state index is 0.233. The van der Waals surface area contributed by atoms with Crippen molar-refractivity contribution in [1.29, 1.82) is 0 Å². The Kier molecular flexibility index (Phi) is 11.4. The molecule has 42 heavy (non-hydrogen) atoms. The van der Waals surface area contributed by atoms with Crippen LogP contribution in [0.2, 0.25) is 0 Å². The highest BCUT2D eigenvalue weighted by atomic mass is 31.2. The number of amides is 4. The molecule has 0 aromatic heterocycles. The average Bonchev–Trinajstić information content (AvgIpc) is 2.90. The molecule has 0 radical (unpaired) electrons. The molecule has 2 aliphatic rings. The van der Waals surface area contributed by atoms with E-state index in [1.807, 2.05) is 0 Å². The molecule has 1 aliphatic carbocycles. The van der Waals surface area contributed by atoms with E-state index in [1.54, 1.807) is 24.3 Å². The van der Waals surface area contributed by atoms with Crippen molar-refractivity contribution in [1.82, 2.24) is 16.0 Å². The number of hydrogen-bond acceptors (Lipinski definition) is 6. The zero-order chi connectivity index (χ0) is 30.9. The first kappa shape index (κ1) is 33.0. The summed E-state index contributed by atoms with van der Waals surface area (Å²) in [5.41, 5.74) is 4.85. The summed E-state index contributed by atoms with van der Waals surface area (Å²) in [5, 5.41) is 17.9. The monoisotopic (exact) mass is 606 g/mol. The van der Waals surface area contributed by atoms with Crippen LogP contribution in [0.15, 0.2) is 36.4 Å². The van der Waals surface area contributed by atoms with Gasteiger partial charge in [-0.2, -0.15) is 0 Å². The highest BCUT2D eigenvalue weighted by Gasteiger charge is 2.44. The molecule has 4 amide bonds. The van der Waals surface area contributed by atoms with Crippen molar-refractivity contribution in [3.63, 3.8) is 0 Å². The third-order valence-corrected chi connectivity index (χ3v) is 8.42. The van der Waals surface area contributed by atoms with Crippen molar-refractivity contribution >= 4 is 37.2 Å². The highest BCUT2D eigenvalue weighted by Crippen LogP contribution is 2.40. The van der Waals surface area contributed by atoms with E-state index in [-0.39, 0.29) is 19.4 Å². The van der Waals surface area contributed by atoms with Gasteiger partial charge in [-0.05, 0) is 36.8 Å². The van der Waals surface area contributed by atoms with Crippen LogP contribution in [0, 0.1) is 5.92 Å². The number of benzene rings is 1. The number of rotatable bonds is 7. The molecule has 1 heterocycles. The predicted molar refractivity (Wildman–Crippen MR) is 152 cm³/mol. The Morgan fingerprint density at radius 1 is 0.976 bits per heavy atom. The fourth-order valence-corrected chi connectivity index (χ4v) is 6.22. The van der Waals surface area contributed by atoms with E-state index in [0.717, 1.165) is 6.42 Å². The lowest BCUT2D eigenvalue weighted by Gasteiger charge is -2.39. The summed E-state index contributed by atoms with van der Waals surface area (Å²) in [6.07, 6.45) is 5.55. The molecule has 3 atom stereocenters. The second-order valence-corrected chi connectivity index (χ2v) is 12.6. The van der Waals surface area contributed by atoms with E-state index < -0.39 is 79.6 Å². The van der Waals surface area contributed by atoms with Crippen LogP contribution >= 0.6 is 7.60 Å². The maximum Gasteiger partial charge on any atom is 0.329 e. The zero-order valence-corrected chi connectivity index (χ0v) is 24.2. The standard InChI is InChI=1S/C28H39N4O9P/c29-23(33)16-22-26(37)30-14-6-1-3-7-20(19-10-8-18(9-11-19)17-42(39,40)41)21(15-24(34)35)25(36)32-28(27(38)31-22)12-4-2-5-13-28/h3,7-11,20-22H,1-2,4-6,12-17H2,(H2,29,33)(H,30,37)(H,31,38)(H,32,36)(H,34,35)(H2,39,40,41)/b7-3+/t20-,21+,22?/m1/s1. The second-order valence-electron chi connectivity index (χ2n) is 11.0. The first-order valence-corrected chi connectivity index (χ1v) is 15.8. The van der Waals surface area contributed by atoms with Crippen molar-refractivity contribution in [2.24, 2.45) is 11.7 Å². The Hall–Kier alpha value is -3.54. The Balaban J connectivity index is 2.04. The number of carbonyl (C=O) groups excluding carboxylic acids is 4.